The minimum atomic E-state index is -2.71. The lowest BCUT2D eigenvalue weighted by Gasteiger charge is -2.05. The summed E-state index contributed by atoms with van der Waals surface area (Å²) in [5.41, 5.74) is 4.72. The minimum absolute atomic E-state index is 0.148. The maximum Gasteiger partial charge on any atom is 0.280 e. The van der Waals surface area contributed by atoms with Crippen molar-refractivity contribution in [1.29, 1.82) is 0 Å². The van der Waals surface area contributed by atoms with E-state index in [0.29, 0.717) is 5.56 Å². The molecule has 3 nitrogen and oxygen atoms in total. The van der Waals surface area contributed by atoms with Crippen LogP contribution in [0.15, 0.2) is 12.1 Å². The standard InChI is InChI=1S/C8H7BrF2N2O/c9-3-4-1-2-5(8(12)14)13-6(4)7(10)11/h1-2,7H,3H2,(H2,12,14). The van der Waals surface area contributed by atoms with Crippen LogP contribution in [0.1, 0.15) is 28.2 Å². The van der Waals surface area contributed by atoms with Crippen LogP contribution in [-0.2, 0) is 5.33 Å². The van der Waals surface area contributed by atoms with Crippen LogP contribution in [0.4, 0.5) is 8.78 Å². The van der Waals surface area contributed by atoms with Gasteiger partial charge in [-0.15, -0.1) is 0 Å². The van der Waals surface area contributed by atoms with E-state index in [1.54, 1.807) is 0 Å². The second-order valence-electron chi connectivity index (χ2n) is 2.54. The molecule has 0 fully saturated rings. The van der Waals surface area contributed by atoms with Crippen LogP contribution < -0.4 is 5.73 Å². The Balaban J connectivity index is 3.20. The Morgan fingerprint density at radius 3 is 2.64 bits per heavy atom. The number of rotatable bonds is 3. The SMILES string of the molecule is NC(=O)c1ccc(CBr)c(C(F)F)n1. The molecule has 14 heavy (non-hydrogen) atoms. The lowest BCUT2D eigenvalue weighted by atomic mass is 10.2. The molecule has 0 saturated carbocycles. The van der Waals surface area contributed by atoms with Crippen molar-refractivity contribution in [3.8, 4) is 0 Å². The summed E-state index contributed by atoms with van der Waals surface area (Å²) in [6.07, 6.45) is -2.71. The first-order valence-electron chi connectivity index (χ1n) is 3.70. The zero-order valence-electron chi connectivity index (χ0n) is 7.01. The van der Waals surface area contributed by atoms with Crippen molar-refractivity contribution in [2.45, 2.75) is 11.8 Å². The first-order chi connectivity index (χ1) is 6.56. The summed E-state index contributed by atoms with van der Waals surface area (Å²) in [7, 11) is 0. The summed E-state index contributed by atoms with van der Waals surface area (Å²) in [4.78, 5) is 14.2. The number of halogens is 3. The highest BCUT2D eigenvalue weighted by Gasteiger charge is 2.16. The molecule has 0 atom stereocenters. The fourth-order valence-corrected chi connectivity index (χ4v) is 1.42. The second kappa shape index (κ2) is 4.45. The van der Waals surface area contributed by atoms with Gasteiger partial charge < -0.3 is 5.73 Å². The van der Waals surface area contributed by atoms with Gasteiger partial charge in [-0.1, -0.05) is 22.0 Å². The smallest absolute Gasteiger partial charge is 0.280 e. The summed E-state index contributed by atoms with van der Waals surface area (Å²) in [6.45, 7) is 0. The number of carbonyl (C=O) groups excluding carboxylic acids is 1. The molecule has 0 aromatic carbocycles. The predicted octanol–water partition coefficient (Wildman–Crippen LogP) is 2.01. The third kappa shape index (κ3) is 2.25. The molecule has 0 aliphatic carbocycles. The molecule has 0 bridgehead atoms. The Bertz CT molecular complexity index is 357. The van der Waals surface area contributed by atoms with E-state index >= 15 is 0 Å². The highest BCUT2D eigenvalue weighted by Crippen LogP contribution is 2.22. The van der Waals surface area contributed by atoms with Gasteiger partial charge in [-0.2, -0.15) is 0 Å². The lowest BCUT2D eigenvalue weighted by molar-refractivity contribution is 0.0993. The molecule has 0 aliphatic heterocycles. The number of hydrogen-bond donors (Lipinski definition) is 1. The van der Waals surface area contributed by atoms with Crippen molar-refractivity contribution in [2.75, 3.05) is 0 Å². The van der Waals surface area contributed by atoms with E-state index in [1.165, 1.54) is 12.1 Å². The number of primary amides is 1. The molecule has 0 unspecified atom stereocenters. The minimum Gasteiger partial charge on any atom is -0.364 e. The maximum absolute atomic E-state index is 12.4. The fourth-order valence-electron chi connectivity index (χ4n) is 0.943. The van der Waals surface area contributed by atoms with Gasteiger partial charge in [-0.05, 0) is 11.6 Å². The molecular formula is C8H7BrF2N2O. The fraction of sp³-hybridized carbons (Fsp3) is 0.250. The number of carbonyl (C=O) groups is 1. The second-order valence-corrected chi connectivity index (χ2v) is 3.10. The van der Waals surface area contributed by atoms with Crippen molar-refractivity contribution >= 4 is 21.8 Å². The number of alkyl halides is 3. The number of nitrogens with two attached hydrogens (primary N) is 1. The molecule has 1 aromatic rings. The highest BCUT2D eigenvalue weighted by atomic mass is 79.9. The van der Waals surface area contributed by atoms with Crippen molar-refractivity contribution < 1.29 is 13.6 Å². The van der Waals surface area contributed by atoms with Crippen molar-refractivity contribution in [3.63, 3.8) is 0 Å². The van der Waals surface area contributed by atoms with Gasteiger partial charge in [0.25, 0.3) is 12.3 Å². The molecule has 0 radical (unpaired) electrons. The molecular weight excluding hydrogens is 258 g/mol. The molecule has 1 amide bonds. The monoisotopic (exact) mass is 264 g/mol. The first-order valence-corrected chi connectivity index (χ1v) is 4.82. The van der Waals surface area contributed by atoms with Crippen LogP contribution in [0, 0.1) is 0 Å². The van der Waals surface area contributed by atoms with Crippen molar-refractivity contribution in [3.05, 3.63) is 29.1 Å². The van der Waals surface area contributed by atoms with E-state index in [2.05, 4.69) is 20.9 Å². The van der Waals surface area contributed by atoms with Crippen LogP contribution in [0.3, 0.4) is 0 Å². The van der Waals surface area contributed by atoms with Gasteiger partial charge in [-0.3, -0.25) is 4.79 Å². The van der Waals surface area contributed by atoms with E-state index in [0.717, 1.165) is 0 Å². The van der Waals surface area contributed by atoms with Crippen LogP contribution in [-0.4, -0.2) is 10.9 Å². The van der Waals surface area contributed by atoms with Gasteiger partial charge in [0.1, 0.15) is 11.4 Å². The van der Waals surface area contributed by atoms with Gasteiger partial charge >= 0.3 is 0 Å². The van der Waals surface area contributed by atoms with Gasteiger partial charge in [0.05, 0.1) is 0 Å². The van der Waals surface area contributed by atoms with Gasteiger partial charge in [0.2, 0.25) is 0 Å². The van der Waals surface area contributed by atoms with E-state index in [9.17, 15) is 13.6 Å². The van der Waals surface area contributed by atoms with Gasteiger partial charge in [0.15, 0.2) is 0 Å². The van der Waals surface area contributed by atoms with E-state index in [4.69, 9.17) is 5.73 Å². The average molecular weight is 265 g/mol. The molecule has 1 rings (SSSR count). The molecule has 0 spiro atoms. The average Bonchev–Trinajstić information content (AvgIpc) is 2.16. The van der Waals surface area contributed by atoms with E-state index < -0.39 is 18.0 Å². The maximum atomic E-state index is 12.4. The van der Waals surface area contributed by atoms with Crippen LogP contribution in [0.25, 0.3) is 0 Å². The summed E-state index contributed by atoms with van der Waals surface area (Å²) in [6, 6.07) is 2.73. The van der Waals surface area contributed by atoms with Crippen molar-refractivity contribution in [1.82, 2.24) is 4.98 Å². The van der Waals surface area contributed by atoms with Crippen LogP contribution >= 0.6 is 15.9 Å². The molecule has 0 saturated heterocycles. The number of amides is 1. The van der Waals surface area contributed by atoms with Crippen molar-refractivity contribution in [2.24, 2.45) is 5.73 Å². The predicted molar refractivity (Wildman–Crippen MR) is 50.3 cm³/mol. The third-order valence-corrected chi connectivity index (χ3v) is 2.22. The topological polar surface area (TPSA) is 56.0 Å². The molecule has 6 heteroatoms. The third-order valence-electron chi connectivity index (χ3n) is 1.62. The molecule has 1 heterocycles. The summed E-state index contributed by atoms with van der Waals surface area (Å²) < 4.78 is 24.8. The van der Waals surface area contributed by atoms with E-state index in [1.807, 2.05) is 0 Å². The van der Waals surface area contributed by atoms with Gasteiger partial charge in [0, 0.05) is 5.33 Å². The molecule has 76 valence electrons. The van der Waals surface area contributed by atoms with Gasteiger partial charge in [-0.25, -0.2) is 13.8 Å². The van der Waals surface area contributed by atoms with Crippen LogP contribution in [0.2, 0.25) is 0 Å². The number of aromatic nitrogens is 1. The number of pyridine rings is 1. The first kappa shape index (κ1) is 11.0. The normalized spacial score (nSPS) is 10.6. The highest BCUT2D eigenvalue weighted by molar-refractivity contribution is 9.08. The molecule has 2 N–H and O–H groups in total. The molecule has 1 aromatic heterocycles. The quantitative estimate of drug-likeness (QED) is 0.850. The molecule has 0 aliphatic rings. The zero-order chi connectivity index (χ0) is 10.7. The Labute approximate surface area is 87.4 Å². The lowest BCUT2D eigenvalue weighted by Crippen LogP contribution is -2.14. The summed E-state index contributed by atoms with van der Waals surface area (Å²) in [5, 5.41) is 0.263. The zero-order valence-corrected chi connectivity index (χ0v) is 8.59. The Morgan fingerprint density at radius 2 is 2.21 bits per heavy atom. The number of hydrogen-bond acceptors (Lipinski definition) is 2. The Kier molecular flexibility index (Phi) is 3.51. The van der Waals surface area contributed by atoms with E-state index in [-0.39, 0.29) is 11.0 Å². The Hall–Kier alpha value is -1.04. The van der Waals surface area contributed by atoms with Crippen LogP contribution in [0.5, 0.6) is 0 Å². The summed E-state index contributed by atoms with van der Waals surface area (Å²) in [5.74, 6) is -0.812. The Morgan fingerprint density at radius 1 is 1.57 bits per heavy atom. The summed E-state index contributed by atoms with van der Waals surface area (Å²) >= 11 is 3.05. The number of nitrogens with zero attached hydrogens (tertiary/aromatic N) is 1. The largest absolute Gasteiger partial charge is 0.364 e.